The van der Waals surface area contributed by atoms with Crippen molar-refractivity contribution in [1.82, 2.24) is 14.8 Å². The van der Waals surface area contributed by atoms with Crippen molar-refractivity contribution < 1.29 is 14.3 Å². The lowest BCUT2D eigenvalue weighted by Crippen LogP contribution is -2.15. The van der Waals surface area contributed by atoms with Gasteiger partial charge in [0.1, 0.15) is 12.1 Å². The summed E-state index contributed by atoms with van der Waals surface area (Å²) < 4.78 is 12.0. The van der Waals surface area contributed by atoms with Gasteiger partial charge in [-0.3, -0.25) is 4.79 Å². The van der Waals surface area contributed by atoms with Gasteiger partial charge >= 0.3 is 0 Å². The Bertz CT molecular complexity index is 613. The molecule has 0 aliphatic carbocycles. The maximum Gasteiger partial charge on any atom is 0.191 e. The molecule has 0 radical (unpaired) electrons. The van der Waals surface area contributed by atoms with Gasteiger partial charge in [-0.2, -0.15) is 0 Å². The van der Waals surface area contributed by atoms with Gasteiger partial charge in [0.05, 0.1) is 19.0 Å². The number of hydrogen-bond acceptors (Lipinski definition) is 6. The van der Waals surface area contributed by atoms with Crippen LogP contribution in [-0.4, -0.2) is 46.6 Å². The summed E-state index contributed by atoms with van der Waals surface area (Å²) in [6.07, 6.45) is 1.64. The van der Waals surface area contributed by atoms with Gasteiger partial charge in [-0.05, 0) is 31.2 Å². The number of ketones is 1. The van der Waals surface area contributed by atoms with Crippen molar-refractivity contribution in [2.24, 2.45) is 0 Å². The Kier molecular flexibility index (Phi) is 5.97. The van der Waals surface area contributed by atoms with E-state index < -0.39 is 0 Å². The molecule has 0 amide bonds. The molecule has 7 heteroatoms. The van der Waals surface area contributed by atoms with Crippen LogP contribution in [0.25, 0.3) is 0 Å². The Hall–Kier alpha value is -1.86. The Morgan fingerprint density at radius 2 is 2.05 bits per heavy atom. The Balaban J connectivity index is 2.03. The third-order valence-electron chi connectivity index (χ3n) is 3.14. The zero-order chi connectivity index (χ0) is 15.9. The van der Waals surface area contributed by atoms with E-state index in [0.29, 0.717) is 23.9 Å². The van der Waals surface area contributed by atoms with E-state index in [-0.39, 0.29) is 11.0 Å². The molecule has 0 N–H and O–H groups in total. The van der Waals surface area contributed by atoms with Crippen LogP contribution in [0.1, 0.15) is 17.3 Å². The van der Waals surface area contributed by atoms with Gasteiger partial charge in [0, 0.05) is 19.2 Å². The predicted molar refractivity (Wildman–Crippen MR) is 84.5 cm³/mol. The smallest absolute Gasteiger partial charge is 0.191 e. The van der Waals surface area contributed by atoms with Crippen LogP contribution in [-0.2, 0) is 11.3 Å². The van der Waals surface area contributed by atoms with Gasteiger partial charge in [0.25, 0.3) is 0 Å². The average molecular weight is 321 g/mol. The number of methoxy groups -OCH3 is 2. The van der Waals surface area contributed by atoms with Crippen molar-refractivity contribution in [2.75, 3.05) is 20.8 Å². The SMILES string of the molecule is COCCn1cnnc1SC(C)C(=O)c1ccc(OC)cc1. The van der Waals surface area contributed by atoms with Gasteiger partial charge in [-0.25, -0.2) is 0 Å². The molecule has 0 saturated carbocycles. The molecule has 0 aliphatic heterocycles. The van der Waals surface area contributed by atoms with Crippen LogP contribution in [0.4, 0.5) is 0 Å². The van der Waals surface area contributed by atoms with Crippen molar-refractivity contribution in [3.63, 3.8) is 0 Å². The molecule has 1 aromatic carbocycles. The van der Waals surface area contributed by atoms with Crippen molar-refractivity contribution in [1.29, 1.82) is 0 Å². The maximum atomic E-state index is 12.5. The first-order valence-electron chi connectivity index (χ1n) is 6.87. The molecular formula is C15H19N3O3S. The second kappa shape index (κ2) is 7.95. The minimum atomic E-state index is -0.251. The molecule has 0 fully saturated rings. The van der Waals surface area contributed by atoms with E-state index in [1.54, 1.807) is 44.8 Å². The van der Waals surface area contributed by atoms with Crippen molar-refractivity contribution >= 4 is 17.5 Å². The molecule has 1 unspecified atom stereocenters. The van der Waals surface area contributed by atoms with Crippen LogP contribution in [0.5, 0.6) is 5.75 Å². The third kappa shape index (κ3) is 4.08. The number of Topliss-reactive ketones (excluding diaryl/α,β-unsaturated/α-hetero) is 1. The highest BCUT2D eigenvalue weighted by Crippen LogP contribution is 2.24. The number of thioether (sulfide) groups is 1. The van der Waals surface area contributed by atoms with Crippen LogP contribution in [0.15, 0.2) is 35.7 Å². The number of aromatic nitrogens is 3. The Morgan fingerprint density at radius 3 is 2.68 bits per heavy atom. The number of ether oxygens (including phenoxy) is 2. The fraction of sp³-hybridized carbons (Fsp3) is 0.400. The number of rotatable bonds is 8. The molecule has 1 aromatic heterocycles. The molecule has 2 rings (SSSR count). The first kappa shape index (κ1) is 16.5. The summed E-state index contributed by atoms with van der Waals surface area (Å²) in [6, 6.07) is 7.11. The highest BCUT2D eigenvalue weighted by atomic mass is 32.2. The maximum absolute atomic E-state index is 12.5. The van der Waals surface area contributed by atoms with Gasteiger partial charge in [0.15, 0.2) is 10.9 Å². The summed E-state index contributed by atoms with van der Waals surface area (Å²) in [4.78, 5) is 12.5. The fourth-order valence-corrected chi connectivity index (χ4v) is 2.81. The minimum absolute atomic E-state index is 0.0499. The molecular weight excluding hydrogens is 302 g/mol. The van der Waals surface area contributed by atoms with E-state index in [4.69, 9.17) is 9.47 Å². The highest BCUT2D eigenvalue weighted by molar-refractivity contribution is 8.00. The number of carbonyl (C=O) groups excluding carboxylic acids is 1. The molecule has 0 aliphatic rings. The van der Waals surface area contributed by atoms with Crippen LogP contribution >= 0.6 is 11.8 Å². The summed E-state index contributed by atoms with van der Waals surface area (Å²) in [5, 5.41) is 8.42. The zero-order valence-corrected chi connectivity index (χ0v) is 13.7. The van der Waals surface area contributed by atoms with Crippen LogP contribution in [0, 0.1) is 0 Å². The number of hydrogen-bond donors (Lipinski definition) is 0. The predicted octanol–water partition coefficient (Wildman–Crippen LogP) is 2.30. The summed E-state index contributed by atoms with van der Waals surface area (Å²) in [5.74, 6) is 0.783. The molecule has 2 aromatic rings. The zero-order valence-electron chi connectivity index (χ0n) is 12.9. The lowest BCUT2D eigenvalue weighted by atomic mass is 10.1. The molecule has 1 heterocycles. The van der Waals surface area contributed by atoms with Crippen LogP contribution in [0.3, 0.4) is 0 Å². The molecule has 0 spiro atoms. The minimum Gasteiger partial charge on any atom is -0.497 e. The fourth-order valence-electron chi connectivity index (χ4n) is 1.88. The number of nitrogens with zero attached hydrogens (tertiary/aromatic N) is 3. The van der Waals surface area contributed by atoms with E-state index >= 15 is 0 Å². The standard InChI is InChI=1S/C15H19N3O3S/c1-11(14(19)12-4-6-13(21-3)7-5-12)22-15-17-16-10-18(15)8-9-20-2/h4-7,10-11H,8-9H2,1-3H3. The van der Waals surface area contributed by atoms with E-state index in [1.165, 1.54) is 11.8 Å². The van der Waals surface area contributed by atoms with Gasteiger partial charge in [-0.15, -0.1) is 10.2 Å². The Labute approximate surface area is 133 Å². The number of carbonyl (C=O) groups is 1. The summed E-state index contributed by atoms with van der Waals surface area (Å²) in [5.41, 5.74) is 0.656. The number of benzene rings is 1. The molecule has 0 bridgehead atoms. The second-order valence-electron chi connectivity index (χ2n) is 4.65. The van der Waals surface area contributed by atoms with Gasteiger partial charge in [-0.1, -0.05) is 11.8 Å². The molecule has 0 saturated heterocycles. The first-order valence-corrected chi connectivity index (χ1v) is 7.75. The van der Waals surface area contributed by atoms with Crippen molar-refractivity contribution in [3.05, 3.63) is 36.2 Å². The third-order valence-corrected chi connectivity index (χ3v) is 4.24. The van der Waals surface area contributed by atoms with Crippen LogP contribution in [0.2, 0.25) is 0 Å². The summed E-state index contributed by atoms with van der Waals surface area (Å²) >= 11 is 1.39. The quantitative estimate of drug-likeness (QED) is 0.549. The highest BCUT2D eigenvalue weighted by Gasteiger charge is 2.19. The van der Waals surface area contributed by atoms with Crippen molar-refractivity contribution in [3.8, 4) is 5.75 Å². The van der Waals surface area contributed by atoms with Gasteiger partial charge < -0.3 is 14.0 Å². The van der Waals surface area contributed by atoms with E-state index in [1.807, 2.05) is 11.5 Å². The first-order chi connectivity index (χ1) is 10.7. The molecule has 118 valence electrons. The largest absolute Gasteiger partial charge is 0.497 e. The molecule has 6 nitrogen and oxygen atoms in total. The second-order valence-corrected chi connectivity index (χ2v) is 5.96. The van der Waals surface area contributed by atoms with Crippen molar-refractivity contribution in [2.45, 2.75) is 23.9 Å². The summed E-state index contributed by atoms with van der Waals surface area (Å²) in [6.45, 7) is 3.11. The topological polar surface area (TPSA) is 66.2 Å². The normalized spacial score (nSPS) is 12.1. The van der Waals surface area contributed by atoms with E-state index in [9.17, 15) is 4.79 Å². The Morgan fingerprint density at radius 1 is 1.32 bits per heavy atom. The monoisotopic (exact) mass is 321 g/mol. The lowest BCUT2D eigenvalue weighted by Gasteiger charge is -2.11. The van der Waals surface area contributed by atoms with Crippen LogP contribution < -0.4 is 4.74 Å². The van der Waals surface area contributed by atoms with Gasteiger partial charge in [0.2, 0.25) is 0 Å². The van der Waals surface area contributed by atoms with E-state index in [2.05, 4.69) is 10.2 Å². The average Bonchev–Trinajstić information content (AvgIpc) is 2.99. The van der Waals surface area contributed by atoms with E-state index in [0.717, 1.165) is 5.75 Å². The lowest BCUT2D eigenvalue weighted by molar-refractivity contribution is 0.0994. The molecule has 1 atom stereocenters. The summed E-state index contributed by atoms with van der Waals surface area (Å²) in [7, 11) is 3.25. The molecule has 22 heavy (non-hydrogen) atoms.